The van der Waals surface area contributed by atoms with Gasteiger partial charge in [-0.1, -0.05) is 103 Å². The van der Waals surface area contributed by atoms with Crippen LogP contribution in [0.3, 0.4) is 0 Å². The number of rotatable bonds is 2. The smallest absolute Gasteiger partial charge is 0.151 e. The van der Waals surface area contributed by atoms with Crippen molar-refractivity contribution in [2.24, 2.45) is 5.73 Å². The van der Waals surface area contributed by atoms with E-state index in [1.807, 2.05) is 51.3 Å². The Morgan fingerprint density at radius 1 is 0.889 bits per heavy atom. The predicted octanol–water partition coefficient (Wildman–Crippen LogP) is 3.51. The molecule has 4 aromatic heterocycles. The molecule has 0 saturated carbocycles. The van der Waals surface area contributed by atoms with Crippen molar-refractivity contribution < 1.29 is 84.3 Å². The molecule has 4 heterocycles. The van der Waals surface area contributed by atoms with Gasteiger partial charge in [0.05, 0.1) is 18.2 Å². The maximum atomic E-state index is 10.7. The first-order valence-electron chi connectivity index (χ1n) is 10.4. The van der Waals surface area contributed by atoms with Gasteiger partial charge in [-0.25, -0.2) is 0 Å². The van der Waals surface area contributed by atoms with Crippen molar-refractivity contribution in [3.05, 3.63) is 114 Å². The van der Waals surface area contributed by atoms with Gasteiger partial charge < -0.3 is 40.6 Å². The monoisotopic (exact) mass is 1640 g/mol. The van der Waals surface area contributed by atoms with Gasteiger partial charge in [-0.15, -0.1) is 42.1 Å². The van der Waals surface area contributed by atoms with Crippen LogP contribution in [0.4, 0.5) is 5.82 Å². The SMILES string of the molecule is CNc1n[c-]c(I)cc1C(=N)N.N#Cc1cc(I)[c-][nH]c1=O.N#Cc1cc(I)[c-]nc1Cl.N#Cc1cc[c-][nH]c1=O.[W].[W].[W].[W]. The number of aromatic amines is 2. The molecular weight excluding hydrogens is 1620 g/mol. The van der Waals surface area contributed by atoms with Crippen LogP contribution in [0.25, 0.3) is 0 Å². The molecule has 4 rings (SSSR count). The Hall–Kier alpha value is -0.827. The summed E-state index contributed by atoms with van der Waals surface area (Å²) >= 11 is 11.6. The summed E-state index contributed by atoms with van der Waals surface area (Å²) in [5, 5.41) is 35.3. The van der Waals surface area contributed by atoms with Crippen LogP contribution in [0, 0.1) is 74.9 Å². The van der Waals surface area contributed by atoms with Gasteiger partial charge >= 0.3 is 0 Å². The Kier molecular flexibility index (Phi) is 32.0. The van der Waals surface area contributed by atoms with Crippen LogP contribution >= 0.6 is 79.4 Å². The fourth-order valence-electron chi connectivity index (χ4n) is 2.21. The van der Waals surface area contributed by atoms with Crippen molar-refractivity contribution in [1.82, 2.24) is 19.9 Å². The molecular formula is C25H14ClI3N10O2W4-4. The molecule has 12 nitrogen and oxygen atoms in total. The van der Waals surface area contributed by atoms with E-state index in [0.29, 0.717) is 16.9 Å². The second kappa shape index (κ2) is 28.2. The maximum Gasteiger partial charge on any atom is 0.151 e. The summed E-state index contributed by atoms with van der Waals surface area (Å²) in [6, 6.07) is 13.2. The number of hydrogen-bond donors (Lipinski definition) is 5. The Bertz CT molecular complexity index is 1770. The molecule has 20 heteroatoms. The number of nitriles is 3. The summed E-state index contributed by atoms with van der Waals surface area (Å²) in [4.78, 5) is 33.4. The van der Waals surface area contributed by atoms with Crippen LogP contribution in [0.1, 0.15) is 22.3 Å². The number of aromatic nitrogens is 4. The normalized spacial score (nSPS) is 8.13. The topological polar surface area (TPSA) is 225 Å². The molecule has 0 aromatic carbocycles. The molecule has 0 saturated heterocycles. The van der Waals surface area contributed by atoms with E-state index in [0.717, 1.165) is 10.7 Å². The second-order valence-corrected chi connectivity index (χ2v) is 10.6. The molecule has 232 valence electrons. The van der Waals surface area contributed by atoms with E-state index in [2.05, 4.69) is 72.6 Å². The minimum Gasteiger partial charge on any atom is -0.436 e. The van der Waals surface area contributed by atoms with Crippen molar-refractivity contribution in [2.75, 3.05) is 12.4 Å². The van der Waals surface area contributed by atoms with Gasteiger partial charge in [0.15, 0.2) is 11.1 Å². The van der Waals surface area contributed by atoms with Gasteiger partial charge in [0.1, 0.15) is 5.84 Å². The second-order valence-electron chi connectivity index (χ2n) is 6.73. The zero-order chi connectivity index (χ0) is 30.9. The van der Waals surface area contributed by atoms with Gasteiger partial charge in [0, 0.05) is 106 Å². The van der Waals surface area contributed by atoms with E-state index in [9.17, 15) is 9.59 Å². The molecule has 6 N–H and O–H groups in total. The molecule has 45 heavy (non-hydrogen) atoms. The van der Waals surface area contributed by atoms with Crippen LogP contribution in [-0.4, -0.2) is 32.8 Å². The quantitative estimate of drug-likeness (QED) is 0.0651. The summed E-state index contributed by atoms with van der Waals surface area (Å²) < 4.78 is 2.36. The number of nitrogens with zero attached hydrogens (tertiary/aromatic N) is 5. The number of nitrogens with two attached hydrogens (primary N) is 1. The number of amidine groups is 1. The van der Waals surface area contributed by atoms with Crippen LogP contribution in [0.5, 0.6) is 0 Å². The van der Waals surface area contributed by atoms with E-state index < -0.39 is 0 Å². The molecule has 0 spiro atoms. The Balaban J connectivity index is -0.000000243. The first kappa shape index (κ1) is 51.0. The third kappa shape index (κ3) is 19.6. The van der Waals surface area contributed by atoms with Crippen LogP contribution in [-0.2, 0) is 84.3 Å². The predicted molar refractivity (Wildman–Crippen MR) is 176 cm³/mol. The average Bonchev–Trinajstić information content (AvgIpc) is 2.96. The van der Waals surface area contributed by atoms with E-state index in [4.69, 9.17) is 38.5 Å². The molecule has 0 aliphatic heterocycles. The van der Waals surface area contributed by atoms with Crippen LogP contribution in [0.2, 0.25) is 5.15 Å². The summed E-state index contributed by atoms with van der Waals surface area (Å²) in [7, 11) is 1.73. The molecule has 0 aliphatic rings. The van der Waals surface area contributed by atoms with Crippen molar-refractivity contribution in [3.8, 4) is 18.2 Å². The number of H-pyrrole nitrogens is 2. The number of nitrogens with one attached hydrogen (secondary N) is 4. The number of hydrogen-bond acceptors (Lipinski definition) is 9. The Morgan fingerprint density at radius 3 is 1.84 bits per heavy atom. The van der Waals surface area contributed by atoms with Crippen LogP contribution in [0.15, 0.2) is 39.9 Å². The van der Waals surface area contributed by atoms with Crippen molar-refractivity contribution >= 4 is 91.0 Å². The number of pyridine rings is 4. The maximum absolute atomic E-state index is 10.7. The third-order valence-electron chi connectivity index (χ3n) is 4.02. The minimum atomic E-state index is -0.389. The van der Waals surface area contributed by atoms with Gasteiger partial charge in [-0.3, -0.25) is 5.41 Å². The largest absolute Gasteiger partial charge is 0.436 e. The van der Waals surface area contributed by atoms with Crippen molar-refractivity contribution in [2.45, 2.75) is 0 Å². The molecule has 0 fully saturated rings. The number of nitrogen functional groups attached to an aromatic ring is 1. The minimum absolute atomic E-state index is 0. The molecule has 4 aromatic rings. The van der Waals surface area contributed by atoms with E-state index in [1.54, 1.807) is 31.3 Å². The van der Waals surface area contributed by atoms with Crippen molar-refractivity contribution in [3.63, 3.8) is 0 Å². The summed E-state index contributed by atoms with van der Waals surface area (Å²) in [5.41, 5.74) is 5.82. The van der Waals surface area contributed by atoms with Crippen molar-refractivity contribution in [1.29, 1.82) is 21.2 Å². The molecule has 0 atom stereocenters. The molecule has 0 bridgehead atoms. The summed E-state index contributed by atoms with van der Waals surface area (Å²) in [6.45, 7) is 0. The zero-order valence-corrected chi connectivity index (χ0v) is 41.1. The fourth-order valence-corrected chi connectivity index (χ4v) is 3.66. The zero-order valence-electron chi connectivity index (χ0n) is 22.2. The Labute approximate surface area is 361 Å². The molecule has 0 unspecified atom stereocenters. The average molecular weight is 1640 g/mol. The molecule has 0 radical (unpaired) electrons. The summed E-state index contributed by atoms with van der Waals surface area (Å²) in [5.74, 6) is 0.599. The van der Waals surface area contributed by atoms with E-state index in [1.165, 1.54) is 18.2 Å². The first-order chi connectivity index (χ1) is 19.5. The van der Waals surface area contributed by atoms with Crippen LogP contribution < -0.4 is 22.2 Å². The summed E-state index contributed by atoms with van der Waals surface area (Å²) in [6.07, 6.45) is 10.4. The fraction of sp³-hybridized carbons (Fsp3) is 0.0400. The van der Waals surface area contributed by atoms with E-state index in [-0.39, 0.29) is 117 Å². The molecule has 0 aliphatic carbocycles. The number of halogens is 4. The van der Waals surface area contributed by atoms with Gasteiger partial charge in [0.2, 0.25) is 0 Å². The Morgan fingerprint density at radius 2 is 1.40 bits per heavy atom. The molecule has 0 amide bonds. The third-order valence-corrected chi connectivity index (χ3v) is 5.99. The van der Waals surface area contributed by atoms with E-state index >= 15 is 0 Å². The standard InChI is InChI=1S/C7H8IN4.C6HClIN2.C6H2IN2O.C6H3N2O.4W/c1-11-7-5(6(9)10)2-4(8)3-12-7;7-6-4(2-9)1-5(8)3-10-6;7-5-1-4(2-8)6(10)9-3-5;7-4-5-2-1-3-8-6(5)9;;;;/h2H,1H3,(H3,9,10)(H,11,12);1H;1H,(H,9,10);1-2H,(H,8,9);;;;/q4*-1;;;;. The van der Waals surface area contributed by atoms with Gasteiger partial charge in [0.25, 0.3) is 0 Å². The first-order valence-corrected chi connectivity index (χ1v) is 14.0. The van der Waals surface area contributed by atoms with Gasteiger partial charge in [-0.2, -0.15) is 21.9 Å². The van der Waals surface area contributed by atoms with Gasteiger partial charge in [-0.05, 0) is 12.6 Å². The number of anilines is 1.